The number of carbonyl (C=O) groups is 1. The summed E-state index contributed by atoms with van der Waals surface area (Å²) < 4.78 is 2.88. The Morgan fingerprint density at radius 3 is 2.38 bits per heavy atom. The highest BCUT2D eigenvalue weighted by atomic mass is 79.9. The molecule has 0 unspecified atom stereocenters. The predicted octanol–water partition coefficient (Wildman–Crippen LogP) is 4.68. The van der Waals surface area contributed by atoms with Gasteiger partial charge in [-0.25, -0.2) is 0 Å². The minimum Gasteiger partial charge on any atom is -0.289 e. The molecule has 3 rings (SSSR count). The van der Waals surface area contributed by atoms with Gasteiger partial charge >= 0.3 is 0 Å². The molecule has 118 valence electrons. The molecule has 2 nitrogen and oxygen atoms in total. The van der Waals surface area contributed by atoms with Crippen molar-refractivity contribution in [2.45, 2.75) is 6.42 Å². The van der Waals surface area contributed by atoms with Crippen LogP contribution in [0.15, 0.2) is 89.7 Å². The predicted molar refractivity (Wildman–Crippen MR) is 99.7 cm³/mol. The van der Waals surface area contributed by atoms with Gasteiger partial charge in [0.05, 0.1) is 6.08 Å². The van der Waals surface area contributed by atoms with Crippen LogP contribution in [0.5, 0.6) is 0 Å². The van der Waals surface area contributed by atoms with Gasteiger partial charge in [-0.3, -0.25) is 4.79 Å². The minimum absolute atomic E-state index is 0.0107. The molecule has 0 aliphatic heterocycles. The van der Waals surface area contributed by atoms with Gasteiger partial charge in [-0.15, -0.1) is 0 Å². The van der Waals surface area contributed by atoms with E-state index in [-0.39, 0.29) is 5.78 Å². The number of halogens is 1. The van der Waals surface area contributed by atoms with Crippen LogP contribution in [0.1, 0.15) is 21.5 Å². The molecule has 1 heterocycles. The fourth-order valence-corrected chi connectivity index (χ4v) is 2.70. The van der Waals surface area contributed by atoms with Crippen LogP contribution < -0.4 is 4.57 Å². The second-order valence-electron chi connectivity index (χ2n) is 5.51. The van der Waals surface area contributed by atoms with E-state index in [0.29, 0.717) is 5.56 Å². The third-order valence-corrected chi connectivity index (χ3v) is 4.19. The zero-order valence-electron chi connectivity index (χ0n) is 13.1. The summed E-state index contributed by atoms with van der Waals surface area (Å²) in [5, 5.41) is 0. The van der Waals surface area contributed by atoms with Crippen LogP contribution in [0.4, 0.5) is 0 Å². The minimum atomic E-state index is -0.0107. The summed E-state index contributed by atoms with van der Waals surface area (Å²) in [5.41, 5.74) is 3.14. The van der Waals surface area contributed by atoms with Gasteiger partial charge in [-0.2, -0.15) is 4.57 Å². The molecule has 3 heteroatoms. The first-order chi connectivity index (χ1) is 11.7. The first-order valence-corrected chi connectivity index (χ1v) is 8.52. The molecule has 0 fully saturated rings. The van der Waals surface area contributed by atoms with Crippen LogP contribution in [-0.4, -0.2) is 5.78 Å². The Hall–Kier alpha value is -2.52. The summed E-state index contributed by atoms with van der Waals surface area (Å²) in [4.78, 5) is 12.2. The monoisotopic (exact) mass is 378 g/mol. The van der Waals surface area contributed by atoms with E-state index in [1.165, 1.54) is 11.1 Å². The van der Waals surface area contributed by atoms with E-state index in [4.69, 9.17) is 0 Å². The van der Waals surface area contributed by atoms with Crippen molar-refractivity contribution in [3.63, 3.8) is 0 Å². The van der Waals surface area contributed by atoms with Gasteiger partial charge in [0.2, 0.25) is 0 Å². The smallest absolute Gasteiger partial charge is 0.191 e. The molecule has 0 N–H and O–H groups in total. The van der Waals surface area contributed by atoms with E-state index < -0.39 is 0 Å². The molecule has 3 aromatic rings. The topological polar surface area (TPSA) is 20.9 Å². The highest BCUT2D eigenvalue weighted by molar-refractivity contribution is 9.10. The average Bonchev–Trinajstić information content (AvgIpc) is 2.61. The highest BCUT2D eigenvalue weighted by Crippen LogP contribution is 2.11. The quantitative estimate of drug-likeness (QED) is 0.358. The van der Waals surface area contributed by atoms with Crippen LogP contribution in [0.3, 0.4) is 0 Å². The molecule has 0 atom stereocenters. The lowest BCUT2D eigenvalue weighted by molar-refractivity contribution is -0.568. The third-order valence-electron chi connectivity index (χ3n) is 3.66. The normalized spacial score (nSPS) is 10.9. The Labute approximate surface area is 150 Å². The summed E-state index contributed by atoms with van der Waals surface area (Å²) in [7, 11) is 0. The molecule has 0 saturated carbocycles. The largest absolute Gasteiger partial charge is 0.289 e. The maximum absolute atomic E-state index is 12.2. The number of carbonyl (C=O) groups excluding carboxylic acids is 1. The van der Waals surface area contributed by atoms with Crippen molar-refractivity contribution in [2.24, 2.45) is 0 Å². The number of ketones is 1. The van der Waals surface area contributed by atoms with Crippen molar-refractivity contribution in [1.29, 1.82) is 0 Å². The van der Waals surface area contributed by atoms with Gasteiger partial charge in [0, 0.05) is 28.1 Å². The van der Waals surface area contributed by atoms with Crippen molar-refractivity contribution < 1.29 is 9.36 Å². The fourth-order valence-electron chi connectivity index (χ4n) is 2.44. The van der Waals surface area contributed by atoms with E-state index in [2.05, 4.69) is 34.1 Å². The summed E-state index contributed by atoms with van der Waals surface area (Å²) in [6.07, 6.45) is 8.23. The molecule has 0 amide bonds. The Bertz CT molecular complexity index is 855. The maximum atomic E-state index is 12.2. The van der Waals surface area contributed by atoms with Gasteiger partial charge < -0.3 is 0 Å². The van der Waals surface area contributed by atoms with Crippen molar-refractivity contribution in [1.82, 2.24) is 0 Å². The summed E-state index contributed by atoms with van der Waals surface area (Å²) in [6.45, 7) is 0. The molecule has 0 aliphatic carbocycles. The van der Waals surface area contributed by atoms with Crippen LogP contribution >= 0.6 is 15.9 Å². The number of nitrogens with zero attached hydrogens (tertiary/aromatic N) is 1. The standard InChI is InChI=1S/C21H17BrNO/c22-20-10-8-19(9-11-20)21(24)12-14-23-13-4-7-18(16-23)15-17-5-2-1-3-6-17/h1-14,16H,15H2/q+1/b14-12+. The van der Waals surface area contributed by atoms with E-state index in [0.717, 1.165) is 10.9 Å². The molecule has 0 bridgehead atoms. The molecule has 2 aromatic carbocycles. The Kier molecular flexibility index (Phi) is 5.34. The Balaban J connectivity index is 1.72. The van der Waals surface area contributed by atoms with Gasteiger partial charge in [-0.1, -0.05) is 46.3 Å². The van der Waals surface area contributed by atoms with Gasteiger partial charge in [0.25, 0.3) is 0 Å². The summed E-state index contributed by atoms with van der Waals surface area (Å²) in [6, 6.07) is 21.8. The van der Waals surface area contributed by atoms with Crippen LogP contribution in [0, 0.1) is 0 Å². The van der Waals surface area contributed by atoms with Crippen molar-refractivity contribution >= 4 is 27.9 Å². The lowest BCUT2D eigenvalue weighted by atomic mass is 10.1. The van der Waals surface area contributed by atoms with Gasteiger partial charge in [-0.05, 0) is 35.9 Å². The Morgan fingerprint density at radius 1 is 0.917 bits per heavy atom. The first-order valence-electron chi connectivity index (χ1n) is 7.72. The number of allylic oxidation sites excluding steroid dienone is 1. The maximum Gasteiger partial charge on any atom is 0.191 e. The summed E-state index contributed by atoms with van der Waals surface area (Å²) in [5.74, 6) is -0.0107. The average molecular weight is 379 g/mol. The number of hydrogen-bond acceptors (Lipinski definition) is 1. The lowest BCUT2D eigenvalue weighted by Gasteiger charge is -1.99. The number of hydrogen-bond donors (Lipinski definition) is 0. The highest BCUT2D eigenvalue weighted by Gasteiger charge is 2.05. The van der Waals surface area contributed by atoms with E-state index in [9.17, 15) is 4.79 Å². The van der Waals surface area contributed by atoms with Gasteiger partial charge in [0.15, 0.2) is 24.4 Å². The van der Waals surface area contributed by atoms with Crippen LogP contribution in [0.25, 0.3) is 6.20 Å². The molecule has 0 spiro atoms. The second kappa shape index (κ2) is 7.84. The molecular formula is C21H17BrNO+. The number of benzene rings is 2. The van der Waals surface area contributed by atoms with E-state index in [1.54, 1.807) is 12.3 Å². The molecule has 1 aromatic heterocycles. The van der Waals surface area contributed by atoms with Crippen LogP contribution in [0.2, 0.25) is 0 Å². The summed E-state index contributed by atoms with van der Waals surface area (Å²) >= 11 is 3.37. The first kappa shape index (κ1) is 16.3. The van der Waals surface area contributed by atoms with Crippen molar-refractivity contribution in [2.75, 3.05) is 0 Å². The number of pyridine rings is 1. The Morgan fingerprint density at radius 2 is 1.62 bits per heavy atom. The SMILES string of the molecule is O=C(/C=C/[n+]1cccc(Cc2ccccc2)c1)c1ccc(Br)cc1. The third kappa shape index (κ3) is 4.49. The molecule has 0 aliphatic rings. The van der Waals surface area contributed by atoms with E-state index >= 15 is 0 Å². The lowest BCUT2D eigenvalue weighted by Crippen LogP contribution is -2.25. The zero-order valence-corrected chi connectivity index (χ0v) is 14.7. The number of aromatic nitrogens is 1. The van der Waals surface area contributed by atoms with E-state index in [1.807, 2.05) is 65.5 Å². The number of rotatable bonds is 5. The molecule has 0 saturated heterocycles. The molecule has 24 heavy (non-hydrogen) atoms. The van der Waals surface area contributed by atoms with Gasteiger partial charge in [0.1, 0.15) is 0 Å². The van der Waals surface area contributed by atoms with Crippen molar-refractivity contribution in [3.05, 3.63) is 106 Å². The molecular weight excluding hydrogens is 362 g/mol. The zero-order chi connectivity index (χ0) is 16.8. The molecule has 0 radical (unpaired) electrons. The van der Waals surface area contributed by atoms with Crippen LogP contribution in [-0.2, 0) is 6.42 Å². The fraction of sp³-hybridized carbons (Fsp3) is 0.0476. The second-order valence-corrected chi connectivity index (χ2v) is 6.42. The van der Waals surface area contributed by atoms with Crippen molar-refractivity contribution in [3.8, 4) is 0 Å².